The topological polar surface area (TPSA) is 20.3 Å². The van der Waals surface area contributed by atoms with Crippen molar-refractivity contribution in [2.45, 2.75) is 20.3 Å². The number of allylic oxidation sites excluding steroid dienone is 1. The monoisotopic (exact) mass is 141 g/mol. The predicted molar refractivity (Wildman–Crippen MR) is 42.7 cm³/mol. The van der Waals surface area contributed by atoms with E-state index >= 15 is 0 Å². The Labute approximate surface area is 62.5 Å². The molecule has 0 spiro atoms. The summed E-state index contributed by atoms with van der Waals surface area (Å²) in [5.41, 5.74) is 0.826. The molecule has 0 N–H and O–H groups in total. The summed E-state index contributed by atoms with van der Waals surface area (Å²) >= 11 is 0. The van der Waals surface area contributed by atoms with Gasteiger partial charge in [-0.2, -0.15) is 0 Å². The summed E-state index contributed by atoms with van der Waals surface area (Å²) < 4.78 is 0. The van der Waals surface area contributed by atoms with Crippen LogP contribution < -0.4 is 0 Å². The van der Waals surface area contributed by atoms with Crippen molar-refractivity contribution >= 4 is 5.91 Å². The summed E-state index contributed by atoms with van der Waals surface area (Å²) in [7, 11) is 3.52. The number of rotatable bonds is 2. The Hall–Kier alpha value is -0.790. The summed E-state index contributed by atoms with van der Waals surface area (Å²) in [6, 6.07) is 0. The van der Waals surface area contributed by atoms with E-state index in [0.29, 0.717) is 0 Å². The second-order valence-corrected chi connectivity index (χ2v) is 2.49. The number of hydrogen-bond acceptors (Lipinski definition) is 1. The molecule has 0 aromatic carbocycles. The highest BCUT2D eigenvalue weighted by molar-refractivity contribution is 5.92. The van der Waals surface area contributed by atoms with Gasteiger partial charge in [-0.3, -0.25) is 4.79 Å². The van der Waals surface area contributed by atoms with Crippen LogP contribution in [-0.4, -0.2) is 24.9 Å². The maximum atomic E-state index is 11.1. The lowest BCUT2D eigenvalue weighted by Crippen LogP contribution is -2.22. The van der Waals surface area contributed by atoms with Gasteiger partial charge in [-0.15, -0.1) is 0 Å². The van der Waals surface area contributed by atoms with E-state index < -0.39 is 0 Å². The number of amides is 1. The molecule has 0 saturated carbocycles. The molecule has 0 aromatic rings. The average molecular weight is 141 g/mol. The number of hydrogen-bond donors (Lipinski definition) is 0. The van der Waals surface area contributed by atoms with Crippen LogP contribution in [0.2, 0.25) is 0 Å². The van der Waals surface area contributed by atoms with Crippen molar-refractivity contribution in [1.82, 2.24) is 4.90 Å². The molecule has 0 aromatic heterocycles. The SMILES string of the molecule is CC/C=C(/C)C(=O)N(C)C. The first-order valence-corrected chi connectivity index (χ1v) is 3.48. The molecule has 0 aliphatic heterocycles. The van der Waals surface area contributed by atoms with Crippen LogP contribution in [0.5, 0.6) is 0 Å². The van der Waals surface area contributed by atoms with Gasteiger partial charge in [0.25, 0.3) is 0 Å². The zero-order valence-electron chi connectivity index (χ0n) is 7.14. The van der Waals surface area contributed by atoms with E-state index in [1.807, 2.05) is 19.9 Å². The van der Waals surface area contributed by atoms with Crippen molar-refractivity contribution in [3.63, 3.8) is 0 Å². The molecule has 0 bridgehead atoms. The second kappa shape index (κ2) is 4.09. The Balaban J connectivity index is 4.08. The van der Waals surface area contributed by atoms with Gasteiger partial charge in [-0.1, -0.05) is 13.0 Å². The molecule has 0 aliphatic carbocycles. The molecule has 10 heavy (non-hydrogen) atoms. The van der Waals surface area contributed by atoms with Gasteiger partial charge in [0, 0.05) is 19.7 Å². The number of likely N-dealkylation sites (N-methyl/N-ethyl adjacent to an activating group) is 1. The third-order valence-electron chi connectivity index (χ3n) is 1.25. The van der Waals surface area contributed by atoms with Crippen LogP contribution in [0.1, 0.15) is 20.3 Å². The van der Waals surface area contributed by atoms with Gasteiger partial charge in [0.1, 0.15) is 0 Å². The largest absolute Gasteiger partial charge is 0.345 e. The van der Waals surface area contributed by atoms with Crippen molar-refractivity contribution in [3.05, 3.63) is 11.6 Å². The molecule has 0 fully saturated rings. The van der Waals surface area contributed by atoms with Gasteiger partial charge < -0.3 is 4.90 Å². The van der Waals surface area contributed by atoms with Crippen molar-refractivity contribution in [3.8, 4) is 0 Å². The fourth-order valence-electron chi connectivity index (χ4n) is 0.746. The smallest absolute Gasteiger partial charge is 0.248 e. The Bertz CT molecular complexity index is 147. The maximum absolute atomic E-state index is 11.1. The predicted octanol–water partition coefficient (Wildman–Crippen LogP) is 1.43. The number of nitrogens with zero attached hydrogens (tertiary/aromatic N) is 1. The van der Waals surface area contributed by atoms with Crippen LogP contribution in [0.25, 0.3) is 0 Å². The van der Waals surface area contributed by atoms with Crippen LogP contribution in [-0.2, 0) is 4.79 Å². The molecule has 2 nitrogen and oxygen atoms in total. The molecule has 0 rings (SSSR count). The Morgan fingerprint density at radius 3 is 2.30 bits per heavy atom. The molecule has 0 atom stereocenters. The molecule has 0 saturated heterocycles. The van der Waals surface area contributed by atoms with Crippen LogP contribution in [0.4, 0.5) is 0 Å². The van der Waals surface area contributed by atoms with Gasteiger partial charge in [-0.25, -0.2) is 0 Å². The third-order valence-corrected chi connectivity index (χ3v) is 1.25. The van der Waals surface area contributed by atoms with Crippen LogP contribution in [0.15, 0.2) is 11.6 Å². The number of carbonyl (C=O) groups is 1. The Morgan fingerprint density at radius 2 is 2.00 bits per heavy atom. The quantitative estimate of drug-likeness (QED) is 0.533. The Morgan fingerprint density at radius 1 is 1.50 bits per heavy atom. The maximum Gasteiger partial charge on any atom is 0.248 e. The second-order valence-electron chi connectivity index (χ2n) is 2.49. The lowest BCUT2D eigenvalue weighted by molar-refractivity contribution is -0.124. The first-order valence-electron chi connectivity index (χ1n) is 3.48. The summed E-state index contributed by atoms with van der Waals surface area (Å²) in [6.45, 7) is 3.86. The lowest BCUT2D eigenvalue weighted by atomic mass is 10.2. The molecule has 0 unspecified atom stereocenters. The van der Waals surface area contributed by atoms with Gasteiger partial charge in [0.05, 0.1) is 0 Å². The third kappa shape index (κ3) is 2.67. The van der Waals surface area contributed by atoms with Gasteiger partial charge >= 0.3 is 0 Å². The molecular formula is C8H15NO. The van der Waals surface area contributed by atoms with Crippen molar-refractivity contribution in [2.24, 2.45) is 0 Å². The lowest BCUT2D eigenvalue weighted by Gasteiger charge is -2.09. The van der Waals surface area contributed by atoms with E-state index in [-0.39, 0.29) is 5.91 Å². The summed E-state index contributed by atoms with van der Waals surface area (Å²) in [5.74, 6) is 0.0989. The summed E-state index contributed by atoms with van der Waals surface area (Å²) in [4.78, 5) is 12.7. The minimum atomic E-state index is 0.0989. The molecule has 2 heteroatoms. The minimum Gasteiger partial charge on any atom is -0.345 e. The number of carbonyl (C=O) groups excluding carboxylic acids is 1. The average Bonchev–Trinajstić information content (AvgIpc) is 1.87. The summed E-state index contributed by atoms with van der Waals surface area (Å²) in [6.07, 6.45) is 2.85. The van der Waals surface area contributed by atoms with E-state index in [9.17, 15) is 4.79 Å². The van der Waals surface area contributed by atoms with Gasteiger partial charge in [-0.05, 0) is 13.3 Å². The first kappa shape index (κ1) is 9.21. The fourth-order valence-corrected chi connectivity index (χ4v) is 0.746. The summed E-state index contributed by atoms with van der Waals surface area (Å²) in [5, 5.41) is 0. The molecule has 0 aliphatic rings. The van der Waals surface area contributed by atoms with E-state index in [1.54, 1.807) is 19.0 Å². The van der Waals surface area contributed by atoms with E-state index in [1.165, 1.54) is 0 Å². The van der Waals surface area contributed by atoms with Crippen LogP contribution in [0, 0.1) is 0 Å². The van der Waals surface area contributed by atoms with Gasteiger partial charge in [0.2, 0.25) is 5.91 Å². The standard InChI is InChI=1S/C8H15NO/c1-5-6-7(2)8(10)9(3)4/h6H,5H2,1-4H3/b7-6-. The highest BCUT2D eigenvalue weighted by Gasteiger charge is 2.03. The van der Waals surface area contributed by atoms with Crippen molar-refractivity contribution < 1.29 is 4.79 Å². The highest BCUT2D eigenvalue weighted by Crippen LogP contribution is 1.97. The van der Waals surface area contributed by atoms with Crippen molar-refractivity contribution in [2.75, 3.05) is 14.1 Å². The van der Waals surface area contributed by atoms with E-state index in [0.717, 1.165) is 12.0 Å². The molecule has 0 heterocycles. The van der Waals surface area contributed by atoms with Crippen LogP contribution in [0.3, 0.4) is 0 Å². The molecular weight excluding hydrogens is 126 g/mol. The zero-order valence-corrected chi connectivity index (χ0v) is 7.14. The molecule has 1 amide bonds. The highest BCUT2D eigenvalue weighted by atomic mass is 16.2. The zero-order chi connectivity index (χ0) is 8.15. The molecule has 58 valence electrons. The van der Waals surface area contributed by atoms with Crippen LogP contribution >= 0.6 is 0 Å². The van der Waals surface area contributed by atoms with Gasteiger partial charge in [0.15, 0.2) is 0 Å². The Kier molecular flexibility index (Phi) is 3.77. The van der Waals surface area contributed by atoms with Crippen molar-refractivity contribution in [1.29, 1.82) is 0 Å². The fraction of sp³-hybridized carbons (Fsp3) is 0.625. The van der Waals surface area contributed by atoms with E-state index in [4.69, 9.17) is 0 Å². The molecule has 0 radical (unpaired) electrons. The minimum absolute atomic E-state index is 0.0989. The first-order chi connectivity index (χ1) is 4.59. The normalized spacial score (nSPS) is 11.4. The van der Waals surface area contributed by atoms with E-state index in [2.05, 4.69) is 0 Å².